The molecule has 0 aromatic carbocycles. The lowest BCUT2D eigenvalue weighted by molar-refractivity contribution is -0.123. The van der Waals surface area contributed by atoms with Crippen LogP contribution < -0.4 is 10.6 Å². The number of primary amides is 1. The number of rotatable bonds is 2. The van der Waals surface area contributed by atoms with Gasteiger partial charge in [-0.25, -0.2) is 0 Å². The Morgan fingerprint density at radius 3 is 2.94 bits per heavy atom. The number of aryl methyl sites for hydroxylation is 1. The summed E-state index contributed by atoms with van der Waals surface area (Å²) in [5, 5.41) is 0. The van der Waals surface area contributed by atoms with Crippen LogP contribution >= 0.6 is 0 Å². The molecule has 2 amide bonds. The number of hydrogen-bond acceptors (Lipinski definition) is 3. The Bertz CT molecular complexity index is 445. The van der Waals surface area contributed by atoms with Gasteiger partial charge in [-0.1, -0.05) is 0 Å². The van der Waals surface area contributed by atoms with Gasteiger partial charge in [0, 0.05) is 31.0 Å². The highest BCUT2D eigenvalue weighted by Crippen LogP contribution is 2.26. The predicted molar refractivity (Wildman–Crippen MR) is 58.6 cm³/mol. The SMILES string of the molecule is Cc1cnccc1N1CC(C(N)=O)CC1=O. The Morgan fingerprint density at radius 2 is 2.38 bits per heavy atom. The van der Waals surface area contributed by atoms with E-state index in [4.69, 9.17) is 5.73 Å². The van der Waals surface area contributed by atoms with Crippen LogP contribution in [0, 0.1) is 12.8 Å². The first kappa shape index (κ1) is 10.6. The number of pyridine rings is 1. The molecule has 1 aromatic heterocycles. The van der Waals surface area contributed by atoms with Crippen LogP contribution in [0.3, 0.4) is 0 Å². The molecule has 84 valence electrons. The van der Waals surface area contributed by atoms with E-state index in [1.165, 1.54) is 0 Å². The number of anilines is 1. The highest BCUT2D eigenvalue weighted by atomic mass is 16.2. The maximum atomic E-state index is 11.7. The van der Waals surface area contributed by atoms with Crippen LogP contribution in [0.5, 0.6) is 0 Å². The van der Waals surface area contributed by atoms with Gasteiger partial charge in [0.2, 0.25) is 11.8 Å². The first-order valence-corrected chi connectivity index (χ1v) is 5.10. The van der Waals surface area contributed by atoms with Crippen LogP contribution in [0.15, 0.2) is 18.5 Å². The van der Waals surface area contributed by atoms with Gasteiger partial charge in [-0.2, -0.15) is 0 Å². The second-order valence-corrected chi connectivity index (χ2v) is 3.97. The van der Waals surface area contributed by atoms with E-state index in [1.54, 1.807) is 23.4 Å². The van der Waals surface area contributed by atoms with E-state index < -0.39 is 5.91 Å². The smallest absolute Gasteiger partial charge is 0.227 e. The van der Waals surface area contributed by atoms with Gasteiger partial charge in [0.15, 0.2) is 0 Å². The van der Waals surface area contributed by atoms with Crippen molar-refractivity contribution in [2.45, 2.75) is 13.3 Å². The molecule has 2 rings (SSSR count). The molecule has 1 unspecified atom stereocenters. The number of carbonyl (C=O) groups excluding carboxylic acids is 2. The molecule has 16 heavy (non-hydrogen) atoms. The lowest BCUT2D eigenvalue weighted by atomic mass is 10.1. The fourth-order valence-electron chi connectivity index (χ4n) is 1.90. The summed E-state index contributed by atoms with van der Waals surface area (Å²) in [5.41, 5.74) is 6.93. The van der Waals surface area contributed by atoms with Crippen LogP contribution in [0.2, 0.25) is 0 Å². The van der Waals surface area contributed by atoms with Crippen LogP contribution in [0.25, 0.3) is 0 Å². The third-order valence-corrected chi connectivity index (χ3v) is 2.81. The Balaban J connectivity index is 2.27. The first-order valence-electron chi connectivity index (χ1n) is 5.10. The summed E-state index contributed by atoms with van der Waals surface area (Å²) >= 11 is 0. The summed E-state index contributed by atoms with van der Waals surface area (Å²) < 4.78 is 0. The average Bonchev–Trinajstić information content (AvgIpc) is 2.61. The minimum Gasteiger partial charge on any atom is -0.369 e. The molecular formula is C11H13N3O2. The number of hydrogen-bond donors (Lipinski definition) is 1. The largest absolute Gasteiger partial charge is 0.369 e. The van der Waals surface area contributed by atoms with Gasteiger partial charge in [-0.05, 0) is 18.6 Å². The molecule has 5 nitrogen and oxygen atoms in total. The number of carbonyl (C=O) groups is 2. The van der Waals surface area contributed by atoms with Crippen molar-refractivity contribution in [1.82, 2.24) is 4.98 Å². The van der Waals surface area contributed by atoms with Crippen molar-refractivity contribution in [2.75, 3.05) is 11.4 Å². The molecule has 0 spiro atoms. The molecule has 1 saturated heterocycles. The molecule has 1 aromatic rings. The maximum Gasteiger partial charge on any atom is 0.227 e. The maximum absolute atomic E-state index is 11.7. The zero-order chi connectivity index (χ0) is 11.7. The summed E-state index contributed by atoms with van der Waals surface area (Å²) in [7, 11) is 0. The van der Waals surface area contributed by atoms with E-state index in [-0.39, 0.29) is 18.2 Å². The quantitative estimate of drug-likeness (QED) is 0.773. The Kier molecular flexibility index (Phi) is 2.60. The fraction of sp³-hybridized carbons (Fsp3) is 0.364. The van der Waals surface area contributed by atoms with Crippen molar-refractivity contribution in [2.24, 2.45) is 11.7 Å². The van der Waals surface area contributed by atoms with Gasteiger partial charge in [-0.3, -0.25) is 14.6 Å². The van der Waals surface area contributed by atoms with E-state index in [9.17, 15) is 9.59 Å². The minimum absolute atomic E-state index is 0.0573. The molecule has 1 fully saturated rings. The molecule has 0 aliphatic carbocycles. The molecule has 2 N–H and O–H groups in total. The van der Waals surface area contributed by atoms with Crippen molar-refractivity contribution in [3.8, 4) is 0 Å². The van der Waals surface area contributed by atoms with Crippen LogP contribution in [-0.4, -0.2) is 23.3 Å². The van der Waals surface area contributed by atoms with Gasteiger partial charge < -0.3 is 10.6 Å². The molecule has 1 aliphatic heterocycles. The molecule has 2 heterocycles. The van der Waals surface area contributed by atoms with Crippen molar-refractivity contribution in [3.63, 3.8) is 0 Å². The highest BCUT2D eigenvalue weighted by Gasteiger charge is 2.34. The summed E-state index contributed by atoms with van der Waals surface area (Å²) in [4.78, 5) is 28.3. The van der Waals surface area contributed by atoms with Gasteiger partial charge in [0.1, 0.15) is 0 Å². The molecule has 1 atom stereocenters. The van der Waals surface area contributed by atoms with Crippen molar-refractivity contribution in [3.05, 3.63) is 24.0 Å². The third-order valence-electron chi connectivity index (χ3n) is 2.81. The summed E-state index contributed by atoms with van der Waals surface area (Å²) in [6, 6.07) is 1.77. The van der Waals surface area contributed by atoms with Crippen LogP contribution in [-0.2, 0) is 9.59 Å². The Hall–Kier alpha value is -1.91. The van der Waals surface area contributed by atoms with Crippen molar-refractivity contribution < 1.29 is 9.59 Å². The number of nitrogens with zero attached hydrogens (tertiary/aromatic N) is 2. The van der Waals surface area contributed by atoms with E-state index in [0.29, 0.717) is 6.54 Å². The lowest BCUT2D eigenvalue weighted by Crippen LogP contribution is -2.28. The number of aromatic nitrogens is 1. The predicted octanol–water partition coefficient (Wildman–Crippen LogP) is 0.228. The number of nitrogens with two attached hydrogens (primary N) is 1. The van der Waals surface area contributed by atoms with Gasteiger partial charge in [-0.15, -0.1) is 0 Å². The minimum atomic E-state index is -0.414. The second-order valence-electron chi connectivity index (χ2n) is 3.97. The fourth-order valence-corrected chi connectivity index (χ4v) is 1.90. The zero-order valence-electron chi connectivity index (χ0n) is 9.01. The Morgan fingerprint density at radius 1 is 1.62 bits per heavy atom. The zero-order valence-corrected chi connectivity index (χ0v) is 9.01. The first-order chi connectivity index (χ1) is 7.59. The third kappa shape index (κ3) is 1.76. The topological polar surface area (TPSA) is 76.3 Å². The second kappa shape index (κ2) is 3.92. The van der Waals surface area contributed by atoms with Crippen LogP contribution in [0.4, 0.5) is 5.69 Å². The summed E-state index contributed by atoms with van der Waals surface area (Å²) in [6.07, 6.45) is 3.53. The average molecular weight is 219 g/mol. The standard InChI is InChI=1S/C11H13N3O2/c1-7-5-13-3-2-9(7)14-6-8(11(12)16)4-10(14)15/h2-3,5,8H,4,6H2,1H3,(H2,12,16). The van der Waals surface area contributed by atoms with E-state index in [1.807, 2.05) is 6.92 Å². The van der Waals surface area contributed by atoms with Gasteiger partial charge >= 0.3 is 0 Å². The van der Waals surface area contributed by atoms with Crippen molar-refractivity contribution in [1.29, 1.82) is 0 Å². The molecule has 1 aliphatic rings. The summed E-state index contributed by atoms with van der Waals surface area (Å²) in [5.74, 6) is -0.847. The van der Waals surface area contributed by atoms with Gasteiger partial charge in [0.05, 0.1) is 5.92 Å². The van der Waals surface area contributed by atoms with E-state index in [0.717, 1.165) is 11.3 Å². The molecule has 5 heteroatoms. The molecule has 0 bridgehead atoms. The normalized spacial score (nSPS) is 20.2. The highest BCUT2D eigenvalue weighted by molar-refractivity contribution is 6.00. The molecular weight excluding hydrogens is 206 g/mol. The van der Waals surface area contributed by atoms with Gasteiger partial charge in [0.25, 0.3) is 0 Å². The molecule has 0 saturated carbocycles. The van der Waals surface area contributed by atoms with Crippen LogP contribution in [0.1, 0.15) is 12.0 Å². The monoisotopic (exact) mass is 219 g/mol. The summed E-state index contributed by atoms with van der Waals surface area (Å²) in [6.45, 7) is 2.26. The Labute approximate surface area is 93.3 Å². The lowest BCUT2D eigenvalue weighted by Gasteiger charge is -2.18. The van der Waals surface area contributed by atoms with Crippen molar-refractivity contribution >= 4 is 17.5 Å². The number of amides is 2. The molecule has 0 radical (unpaired) electrons. The van der Waals surface area contributed by atoms with E-state index >= 15 is 0 Å². The van der Waals surface area contributed by atoms with E-state index in [2.05, 4.69) is 4.98 Å².